The summed E-state index contributed by atoms with van der Waals surface area (Å²) in [6.45, 7) is 4.20. The molecular weight excluding hydrogens is 293 g/mol. The Balaban J connectivity index is 3.26. The Labute approximate surface area is 120 Å². The second-order valence-corrected chi connectivity index (χ2v) is 5.00. The van der Waals surface area contributed by atoms with Crippen LogP contribution in [0.2, 0.25) is 5.02 Å². The maximum Gasteiger partial charge on any atom is 0.392 e. The van der Waals surface area contributed by atoms with Crippen LogP contribution in [0.25, 0.3) is 0 Å². The summed E-state index contributed by atoms with van der Waals surface area (Å²) >= 11 is 5.79. The van der Waals surface area contributed by atoms with E-state index in [2.05, 4.69) is 0 Å². The van der Waals surface area contributed by atoms with Crippen molar-refractivity contribution in [2.45, 2.75) is 32.9 Å². The van der Waals surface area contributed by atoms with Crippen molar-refractivity contribution in [3.05, 3.63) is 34.3 Å². The lowest BCUT2D eigenvalue weighted by Crippen LogP contribution is -2.32. The Morgan fingerprint density at radius 2 is 2.00 bits per heavy atom. The van der Waals surface area contributed by atoms with Gasteiger partial charge in [0.25, 0.3) is 0 Å². The van der Waals surface area contributed by atoms with Crippen molar-refractivity contribution in [2.24, 2.45) is 5.92 Å². The first-order valence-corrected chi connectivity index (χ1v) is 6.55. The molecule has 2 atom stereocenters. The quantitative estimate of drug-likeness (QED) is 0.766. The molecule has 1 unspecified atom stereocenters. The highest BCUT2D eigenvalue weighted by atomic mass is 35.5. The van der Waals surface area contributed by atoms with Crippen molar-refractivity contribution in [3.63, 3.8) is 0 Å². The lowest BCUT2D eigenvalue weighted by Gasteiger charge is -2.26. The summed E-state index contributed by atoms with van der Waals surface area (Å²) < 4.78 is 43.7. The molecule has 0 aliphatic carbocycles. The molecule has 0 saturated carbocycles. The Kier molecular flexibility index (Phi) is 5.45. The van der Waals surface area contributed by atoms with E-state index in [1.54, 1.807) is 13.8 Å². The van der Waals surface area contributed by atoms with Gasteiger partial charge in [-0.05, 0) is 37.1 Å². The van der Waals surface area contributed by atoms with E-state index in [9.17, 15) is 18.0 Å². The van der Waals surface area contributed by atoms with Crippen molar-refractivity contribution < 1.29 is 22.7 Å². The van der Waals surface area contributed by atoms with E-state index in [0.717, 1.165) is 6.92 Å². The highest BCUT2D eigenvalue weighted by Crippen LogP contribution is 2.39. The van der Waals surface area contributed by atoms with Crippen LogP contribution in [0.3, 0.4) is 0 Å². The summed E-state index contributed by atoms with van der Waals surface area (Å²) in [5, 5.41) is 0.411. The van der Waals surface area contributed by atoms with Gasteiger partial charge in [0, 0.05) is 5.02 Å². The van der Waals surface area contributed by atoms with Crippen LogP contribution < -0.4 is 0 Å². The number of carbonyl (C=O) groups is 1. The first-order chi connectivity index (χ1) is 9.18. The highest BCUT2D eigenvalue weighted by Gasteiger charge is 2.46. The molecule has 1 aromatic rings. The van der Waals surface area contributed by atoms with Gasteiger partial charge in [0.2, 0.25) is 0 Å². The molecule has 0 saturated heterocycles. The van der Waals surface area contributed by atoms with Crippen LogP contribution in [-0.4, -0.2) is 18.8 Å². The molecule has 0 amide bonds. The minimum absolute atomic E-state index is 0.0343. The van der Waals surface area contributed by atoms with Gasteiger partial charge < -0.3 is 4.74 Å². The van der Waals surface area contributed by atoms with Crippen molar-refractivity contribution in [2.75, 3.05) is 6.61 Å². The number of hydrogen-bond donors (Lipinski definition) is 0. The summed E-state index contributed by atoms with van der Waals surface area (Å²) in [4.78, 5) is 11.9. The summed E-state index contributed by atoms with van der Waals surface area (Å²) in [5.41, 5.74) is 0.823. The summed E-state index contributed by atoms with van der Waals surface area (Å²) in [6, 6.07) is 4.45. The third-order valence-electron chi connectivity index (χ3n) is 3.12. The number of hydrogen-bond acceptors (Lipinski definition) is 2. The molecule has 20 heavy (non-hydrogen) atoms. The van der Waals surface area contributed by atoms with Crippen LogP contribution in [0.4, 0.5) is 13.2 Å². The minimum Gasteiger partial charge on any atom is -0.466 e. The van der Waals surface area contributed by atoms with E-state index >= 15 is 0 Å². The number of benzene rings is 1. The van der Waals surface area contributed by atoms with Gasteiger partial charge in [-0.15, -0.1) is 0 Å². The number of esters is 1. The fraction of sp³-hybridized carbons (Fsp3) is 0.500. The zero-order valence-corrected chi connectivity index (χ0v) is 12.2. The molecule has 0 fully saturated rings. The van der Waals surface area contributed by atoms with Crippen LogP contribution in [0.1, 0.15) is 30.9 Å². The number of ether oxygens (including phenoxy) is 1. The van der Waals surface area contributed by atoms with Crippen molar-refractivity contribution in [1.82, 2.24) is 0 Å². The summed E-state index contributed by atoms with van der Waals surface area (Å²) in [6.07, 6.45) is -4.48. The predicted molar refractivity (Wildman–Crippen MR) is 70.8 cm³/mol. The lowest BCUT2D eigenvalue weighted by atomic mass is 9.84. The summed E-state index contributed by atoms with van der Waals surface area (Å²) in [7, 11) is 0. The zero-order chi connectivity index (χ0) is 15.5. The van der Waals surface area contributed by atoms with Crippen molar-refractivity contribution in [3.8, 4) is 0 Å². The molecule has 0 bridgehead atoms. The van der Waals surface area contributed by atoms with Gasteiger partial charge in [-0.25, -0.2) is 0 Å². The standard InChI is InChI=1S/C14H16ClF3O2/c1-4-20-13(19)12(9(3)14(16,17)18)11-6-5-10(15)7-8(11)2/h5-7,9,12H,4H2,1-3H3/t9-,12?/m1/s1. The van der Waals surface area contributed by atoms with Gasteiger partial charge in [-0.1, -0.05) is 24.6 Å². The number of alkyl halides is 3. The fourth-order valence-electron chi connectivity index (χ4n) is 2.01. The molecule has 0 radical (unpaired) electrons. The monoisotopic (exact) mass is 308 g/mol. The number of rotatable bonds is 4. The van der Waals surface area contributed by atoms with E-state index in [1.165, 1.54) is 18.2 Å². The second kappa shape index (κ2) is 6.48. The third-order valence-corrected chi connectivity index (χ3v) is 3.36. The van der Waals surface area contributed by atoms with E-state index < -0.39 is 24.0 Å². The average Bonchev–Trinajstić information content (AvgIpc) is 2.31. The molecule has 0 aliphatic heterocycles. The number of carbonyl (C=O) groups excluding carboxylic acids is 1. The Morgan fingerprint density at radius 1 is 1.40 bits per heavy atom. The second-order valence-electron chi connectivity index (χ2n) is 4.56. The Hall–Kier alpha value is -1.23. The molecular formula is C14H16ClF3O2. The first kappa shape index (κ1) is 16.8. The lowest BCUT2D eigenvalue weighted by molar-refractivity contribution is -0.185. The molecule has 1 rings (SSSR count). The predicted octanol–water partition coefficient (Wildman–Crippen LogP) is 4.49. The van der Waals surface area contributed by atoms with Crippen LogP contribution in [0.5, 0.6) is 0 Å². The largest absolute Gasteiger partial charge is 0.466 e. The van der Waals surface area contributed by atoms with E-state index in [-0.39, 0.29) is 12.2 Å². The van der Waals surface area contributed by atoms with Gasteiger partial charge in [-0.2, -0.15) is 13.2 Å². The molecule has 1 aromatic carbocycles. The van der Waals surface area contributed by atoms with E-state index in [4.69, 9.17) is 16.3 Å². The van der Waals surface area contributed by atoms with Crippen LogP contribution in [-0.2, 0) is 9.53 Å². The molecule has 0 aliphatic rings. The smallest absolute Gasteiger partial charge is 0.392 e. The Morgan fingerprint density at radius 3 is 2.45 bits per heavy atom. The maximum absolute atomic E-state index is 13.0. The van der Waals surface area contributed by atoms with Gasteiger partial charge in [0.1, 0.15) is 0 Å². The van der Waals surface area contributed by atoms with Crippen LogP contribution in [0, 0.1) is 12.8 Å². The molecule has 0 spiro atoms. The zero-order valence-electron chi connectivity index (χ0n) is 11.4. The average molecular weight is 309 g/mol. The molecule has 0 heterocycles. The molecule has 112 valence electrons. The van der Waals surface area contributed by atoms with Crippen LogP contribution >= 0.6 is 11.6 Å². The molecule has 0 aromatic heterocycles. The van der Waals surface area contributed by atoms with E-state index in [0.29, 0.717) is 10.6 Å². The number of halogens is 4. The van der Waals surface area contributed by atoms with Crippen LogP contribution in [0.15, 0.2) is 18.2 Å². The summed E-state index contributed by atoms with van der Waals surface area (Å²) in [5.74, 6) is -4.09. The Bertz CT molecular complexity index is 486. The van der Waals surface area contributed by atoms with Gasteiger partial charge in [-0.3, -0.25) is 4.79 Å². The molecule has 2 nitrogen and oxygen atoms in total. The van der Waals surface area contributed by atoms with Gasteiger partial charge >= 0.3 is 12.1 Å². The van der Waals surface area contributed by atoms with Gasteiger partial charge in [0.05, 0.1) is 18.4 Å². The van der Waals surface area contributed by atoms with Gasteiger partial charge in [0.15, 0.2) is 0 Å². The minimum atomic E-state index is -4.48. The maximum atomic E-state index is 13.0. The topological polar surface area (TPSA) is 26.3 Å². The molecule has 6 heteroatoms. The van der Waals surface area contributed by atoms with Crippen molar-refractivity contribution in [1.29, 1.82) is 0 Å². The highest BCUT2D eigenvalue weighted by molar-refractivity contribution is 6.30. The first-order valence-electron chi connectivity index (χ1n) is 6.17. The third kappa shape index (κ3) is 3.88. The normalized spacial score (nSPS) is 14.8. The van der Waals surface area contributed by atoms with Crippen molar-refractivity contribution >= 4 is 17.6 Å². The van der Waals surface area contributed by atoms with E-state index in [1.807, 2.05) is 0 Å². The fourth-order valence-corrected chi connectivity index (χ4v) is 2.24. The SMILES string of the molecule is CCOC(=O)C(c1ccc(Cl)cc1C)[C@@H](C)C(F)(F)F. The molecule has 0 N–H and O–H groups in total. The number of aryl methyl sites for hydroxylation is 1.